The van der Waals surface area contributed by atoms with Gasteiger partial charge in [0.1, 0.15) is 5.25 Å². The molecule has 0 unspecified atom stereocenters. The van der Waals surface area contributed by atoms with Crippen molar-refractivity contribution in [1.29, 1.82) is 0 Å². The number of esters is 1. The second-order valence-corrected chi connectivity index (χ2v) is 5.82. The van der Waals surface area contributed by atoms with Gasteiger partial charge in [-0.2, -0.15) is 0 Å². The first-order valence-corrected chi connectivity index (χ1v) is 6.99. The van der Waals surface area contributed by atoms with Crippen LogP contribution >= 0.6 is 23.1 Å². The summed E-state index contributed by atoms with van der Waals surface area (Å²) >= 11 is 2.93. The number of aromatic nitrogens is 4. The first-order chi connectivity index (χ1) is 8.70. The molecule has 0 saturated carbocycles. The quantitative estimate of drug-likeness (QED) is 0.611. The Kier molecular flexibility index (Phi) is 4.32. The SMILES string of the molecule is COC(=O)[C@@H](C)Sc1nnnn1Cc1cccs1. The average molecular weight is 284 g/mol. The first-order valence-electron chi connectivity index (χ1n) is 5.23. The van der Waals surface area contributed by atoms with Crippen molar-refractivity contribution >= 4 is 29.1 Å². The molecule has 2 aromatic rings. The van der Waals surface area contributed by atoms with Crippen LogP contribution in [0.1, 0.15) is 11.8 Å². The molecule has 0 fully saturated rings. The third-order valence-corrected chi connectivity index (χ3v) is 4.11. The zero-order chi connectivity index (χ0) is 13.0. The summed E-state index contributed by atoms with van der Waals surface area (Å²) in [5.74, 6) is -0.286. The van der Waals surface area contributed by atoms with Crippen LogP contribution in [0.2, 0.25) is 0 Å². The van der Waals surface area contributed by atoms with Crippen molar-refractivity contribution in [2.45, 2.75) is 23.9 Å². The van der Waals surface area contributed by atoms with Crippen molar-refractivity contribution in [1.82, 2.24) is 20.2 Å². The highest BCUT2D eigenvalue weighted by molar-refractivity contribution is 8.00. The van der Waals surface area contributed by atoms with Crippen molar-refractivity contribution in [3.63, 3.8) is 0 Å². The van der Waals surface area contributed by atoms with Crippen LogP contribution in [-0.2, 0) is 16.1 Å². The van der Waals surface area contributed by atoms with Gasteiger partial charge in [-0.25, -0.2) is 4.68 Å². The maximum absolute atomic E-state index is 11.3. The van der Waals surface area contributed by atoms with E-state index in [0.29, 0.717) is 11.7 Å². The van der Waals surface area contributed by atoms with Crippen molar-refractivity contribution in [3.05, 3.63) is 22.4 Å². The number of carbonyl (C=O) groups is 1. The van der Waals surface area contributed by atoms with Crippen LogP contribution in [0.5, 0.6) is 0 Å². The molecule has 0 N–H and O–H groups in total. The molecular formula is C10H12N4O2S2. The molecule has 0 bridgehead atoms. The molecule has 0 aromatic carbocycles. The summed E-state index contributed by atoms with van der Waals surface area (Å²) in [4.78, 5) is 12.5. The normalized spacial score (nSPS) is 12.3. The maximum atomic E-state index is 11.3. The van der Waals surface area contributed by atoms with Crippen LogP contribution in [0.3, 0.4) is 0 Å². The average Bonchev–Trinajstić information content (AvgIpc) is 3.01. The summed E-state index contributed by atoms with van der Waals surface area (Å²) in [5, 5.41) is 13.8. The number of rotatable bonds is 5. The molecule has 0 aliphatic carbocycles. The second kappa shape index (κ2) is 5.96. The Morgan fingerprint density at radius 3 is 3.17 bits per heavy atom. The van der Waals surface area contributed by atoms with E-state index in [0.717, 1.165) is 4.88 Å². The van der Waals surface area contributed by atoms with Crippen molar-refractivity contribution in [2.75, 3.05) is 7.11 Å². The lowest BCUT2D eigenvalue weighted by atomic mass is 10.5. The van der Waals surface area contributed by atoms with Gasteiger partial charge in [0.2, 0.25) is 5.16 Å². The van der Waals surface area contributed by atoms with Crippen LogP contribution in [0.15, 0.2) is 22.7 Å². The van der Waals surface area contributed by atoms with Crippen molar-refractivity contribution in [3.8, 4) is 0 Å². The predicted octanol–water partition coefficient (Wildman–Crippen LogP) is 1.44. The van der Waals surface area contributed by atoms with Gasteiger partial charge in [0, 0.05) is 4.88 Å². The van der Waals surface area contributed by atoms with Gasteiger partial charge >= 0.3 is 5.97 Å². The van der Waals surface area contributed by atoms with Gasteiger partial charge in [0.15, 0.2) is 0 Å². The first kappa shape index (κ1) is 13.0. The number of carbonyl (C=O) groups excluding carboxylic acids is 1. The second-order valence-electron chi connectivity index (χ2n) is 3.48. The number of thioether (sulfide) groups is 1. The van der Waals surface area contributed by atoms with E-state index in [4.69, 9.17) is 0 Å². The highest BCUT2D eigenvalue weighted by atomic mass is 32.2. The summed E-state index contributed by atoms with van der Waals surface area (Å²) in [7, 11) is 1.37. The highest BCUT2D eigenvalue weighted by Gasteiger charge is 2.18. The molecule has 2 aromatic heterocycles. The number of nitrogens with zero attached hydrogens (tertiary/aromatic N) is 4. The molecule has 0 aliphatic heterocycles. The zero-order valence-corrected chi connectivity index (χ0v) is 11.6. The molecule has 0 aliphatic rings. The van der Waals surface area contributed by atoms with Gasteiger partial charge in [0.25, 0.3) is 0 Å². The molecule has 0 spiro atoms. The van der Waals surface area contributed by atoms with Crippen molar-refractivity contribution < 1.29 is 9.53 Å². The van der Waals surface area contributed by atoms with Crippen LogP contribution in [0.25, 0.3) is 0 Å². The molecule has 6 nitrogen and oxygen atoms in total. The van der Waals surface area contributed by atoms with Gasteiger partial charge in [-0.05, 0) is 28.8 Å². The zero-order valence-electron chi connectivity index (χ0n) is 9.94. The fourth-order valence-corrected chi connectivity index (χ4v) is 2.80. The van der Waals surface area contributed by atoms with E-state index in [1.807, 2.05) is 17.5 Å². The largest absolute Gasteiger partial charge is 0.468 e. The smallest absolute Gasteiger partial charge is 0.318 e. The number of tetrazole rings is 1. The minimum Gasteiger partial charge on any atom is -0.468 e. The van der Waals surface area contributed by atoms with Gasteiger partial charge in [-0.1, -0.05) is 17.8 Å². The minimum absolute atomic E-state index is 0.286. The van der Waals surface area contributed by atoms with E-state index in [1.54, 1.807) is 22.9 Å². The summed E-state index contributed by atoms with van der Waals surface area (Å²) in [5.41, 5.74) is 0. The van der Waals surface area contributed by atoms with Crippen LogP contribution in [0.4, 0.5) is 0 Å². The Balaban J connectivity index is 2.06. The van der Waals surface area contributed by atoms with Gasteiger partial charge in [-0.3, -0.25) is 4.79 Å². The Bertz CT molecular complexity index is 512. The highest BCUT2D eigenvalue weighted by Crippen LogP contribution is 2.22. The summed E-state index contributed by atoms with van der Waals surface area (Å²) in [6.45, 7) is 2.38. The topological polar surface area (TPSA) is 69.9 Å². The monoisotopic (exact) mass is 284 g/mol. The number of methoxy groups -OCH3 is 1. The lowest BCUT2D eigenvalue weighted by Gasteiger charge is -2.07. The fraction of sp³-hybridized carbons (Fsp3) is 0.400. The van der Waals surface area contributed by atoms with Gasteiger partial charge in [-0.15, -0.1) is 16.4 Å². The van der Waals surface area contributed by atoms with E-state index in [9.17, 15) is 4.79 Å². The van der Waals surface area contributed by atoms with Gasteiger partial charge in [0.05, 0.1) is 13.7 Å². The molecule has 1 atom stereocenters. The fourth-order valence-electron chi connectivity index (χ4n) is 1.30. The number of ether oxygens (including phenoxy) is 1. The molecule has 0 saturated heterocycles. The third-order valence-electron chi connectivity index (χ3n) is 2.20. The Morgan fingerprint density at radius 2 is 2.50 bits per heavy atom. The Morgan fingerprint density at radius 1 is 1.67 bits per heavy atom. The lowest BCUT2D eigenvalue weighted by molar-refractivity contribution is -0.139. The number of thiophene rings is 1. The Labute approximate surface area is 112 Å². The minimum atomic E-state index is -0.330. The third kappa shape index (κ3) is 3.08. The van der Waals surface area contributed by atoms with Gasteiger partial charge < -0.3 is 4.74 Å². The Hall–Kier alpha value is -1.41. The lowest BCUT2D eigenvalue weighted by Crippen LogP contribution is -2.16. The van der Waals surface area contributed by atoms with E-state index >= 15 is 0 Å². The molecule has 2 heterocycles. The maximum Gasteiger partial charge on any atom is 0.318 e. The standard InChI is InChI=1S/C10H12N4O2S2/c1-7(9(15)16-2)18-10-11-12-13-14(10)6-8-4-3-5-17-8/h3-5,7H,6H2,1-2H3/t7-/m1/s1. The summed E-state index contributed by atoms with van der Waals surface area (Å²) in [6, 6.07) is 4.00. The molecule has 18 heavy (non-hydrogen) atoms. The molecule has 8 heteroatoms. The van der Waals surface area contributed by atoms with Crippen LogP contribution < -0.4 is 0 Å². The predicted molar refractivity (Wildman–Crippen MR) is 68.6 cm³/mol. The van der Waals surface area contributed by atoms with E-state index in [2.05, 4.69) is 20.3 Å². The van der Waals surface area contributed by atoms with Crippen LogP contribution in [-0.4, -0.2) is 38.5 Å². The molecular weight excluding hydrogens is 272 g/mol. The molecule has 0 radical (unpaired) electrons. The van der Waals surface area contributed by atoms with Crippen LogP contribution in [0, 0.1) is 0 Å². The van der Waals surface area contributed by atoms with E-state index < -0.39 is 0 Å². The van der Waals surface area contributed by atoms with E-state index in [-0.39, 0.29) is 11.2 Å². The molecule has 0 amide bonds. The molecule has 96 valence electrons. The van der Waals surface area contributed by atoms with Crippen molar-refractivity contribution in [2.24, 2.45) is 0 Å². The summed E-state index contributed by atoms with van der Waals surface area (Å²) < 4.78 is 6.35. The number of hydrogen-bond donors (Lipinski definition) is 0. The number of hydrogen-bond acceptors (Lipinski definition) is 7. The summed E-state index contributed by atoms with van der Waals surface area (Å²) in [6.07, 6.45) is 0. The van der Waals surface area contributed by atoms with E-state index in [1.165, 1.54) is 18.9 Å². The molecule has 2 rings (SSSR count).